The number of hydrogen-bond donors (Lipinski definition) is 2. The van der Waals surface area contributed by atoms with Crippen LogP contribution in [0.1, 0.15) is 12.6 Å². The second kappa shape index (κ2) is 4.80. The Morgan fingerprint density at radius 1 is 1.20 bits per heavy atom. The van der Waals surface area contributed by atoms with E-state index in [-0.39, 0.29) is 0 Å². The highest BCUT2D eigenvalue weighted by atomic mass is 15.3. The molecule has 2 aromatic heterocycles. The minimum atomic E-state index is 0.384. The molecule has 3 aromatic rings. The largest absolute Gasteiger partial charge is 0.381 e. The molecule has 0 spiro atoms. The first-order chi connectivity index (χ1) is 9.67. The minimum absolute atomic E-state index is 0.384. The lowest BCUT2D eigenvalue weighted by atomic mass is 10.3. The summed E-state index contributed by atoms with van der Waals surface area (Å²) in [5.41, 5.74) is 9.45. The van der Waals surface area contributed by atoms with Crippen LogP contribution in [0.2, 0.25) is 0 Å². The smallest absolute Gasteiger partial charge is 0.174 e. The number of hydrogen-bond acceptors (Lipinski definition) is 5. The second-order valence-electron chi connectivity index (χ2n) is 4.59. The second-order valence-corrected chi connectivity index (χ2v) is 4.59. The Labute approximate surface area is 116 Å². The molecular weight excluding hydrogens is 252 g/mol. The molecule has 0 aliphatic carbocycles. The lowest BCUT2D eigenvalue weighted by Gasteiger charge is -2.08. The third-order valence-corrected chi connectivity index (χ3v) is 3.09. The van der Waals surface area contributed by atoms with Gasteiger partial charge < -0.3 is 11.1 Å². The van der Waals surface area contributed by atoms with E-state index in [2.05, 4.69) is 27.3 Å². The highest BCUT2D eigenvalue weighted by molar-refractivity contribution is 5.81. The van der Waals surface area contributed by atoms with E-state index in [1.165, 1.54) is 0 Å². The van der Waals surface area contributed by atoms with Crippen molar-refractivity contribution >= 4 is 28.4 Å². The monoisotopic (exact) mass is 268 g/mol. The summed E-state index contributed by atoms with van der Waals surface area (Å²) in [5, 5.41) is 7.61. The van der Waals surface area contributed by atoms with Gasteiger partial charge in [0.2, 0.25) is 0 Å². The van der Waals surface area contributed by atoms with Crippen molar-refractivity contribution in [3.05, 3.63) is 36.2 Å². The Bertz CT molecular complexity index is 761. The van der Waals surface area contributed by atoms with Gasteiger partial charge >= 0.3 is 0 Å². The van der Waals surface area contributed by atoms with E-state index in [0.29, 0.717) is 11.6 Å². The molecule has 0 radical (unpaired) electrons. The number of nitrogens with two attached hydrogens (primary N) is 1. The van der Waals surface area contributed by atoms with Gasteiger partial charge in [0.25, 0.3) is 0 Å². The summed E-state index contributed by atoms with van der Waals surface area (Å²) in [6, 6.07) is 7.65. The molecule has 20 heavy (non-hydrogen) atoms. The molecule has 0 aliphatic rings. The van der Waals surface area contributed by atoms with E-state index in [4.69, 9.17) is 5.73 Å². The lowest BCUT2D eigenvalue weighted by Crippen LogP contribution is -2.03. The van der Waals surface area contributed by atoms with E-state index in [1.54, 1.807) is 4.68 Å². The quantitative estimate of drug-likeness (QED) is 0.761. The number of rotatable bonds is 3. The van der Waals surface area contributed by atoms with Crippen LogP contribution in [0.25, 0.3) is 11.0 Å². The van der Waals surface area contributed by atoms with Crippen molar-refractivity contribution in [1.82, 2.24) is 19.7 Å². The number of nitrogens with zero attached hydrogens (tertiary/aromatic N) is 4. The molecule has 3 N–H and O–H groups in total. The maximum atomic E-state index is 5.97. The van der Waals surface area contributed by atoms with E-state index in [1.807, 2.05) is 37.5 Å². The summed E-state index contributed by atoms with van der Waals surface area (Å²) in [5.74, 6) is 0.945. The molecule has 6 nitrogen and oxygen atoms in total. The molecule has 102 valence electrons. The van der Waals surface area contributed by atoms with Gasteiger partial charge in [0.05, 0.1) is 22.4 Å². The fourth-order valence-corrected chi connectivity index (χ4v) is 2.13. The molecule has 0 amide bonds. The van der Waals surface area contributed by atoms with Gasteiger partial charge in [-0.05, 0) is 18.6 Å². The zero-order valence-corrected chi connectivity index (χ0v) is 11.5. The van der Waals surface area contributed by atoms with Crippen LogP contribution in [0.4, 0.5) is 17.3 Å². The van der Waals surface area contributed by atoms with Crippen LogP contribution in [-0.2, 0) is 13.5 Å². The summed E-state index contributed by atoms with van der Waals surface area (Å²) < 4.78 is 1.77. The lowest BCUT2D eigenvalue weighted by molar-refractivity contribution is 0.746. The third-order valence-electron chi connectivity index (χ3n) is 3.09. The Balaban J connectivity index is 2.03. The number of para-hydroxylation sites is 2. The van der Waals surface area contributed by atoms with Crippen LogP contribution < -0.4 is 11.1 Å². The number of aryl methyl sites for hydroxylation is 2. The van der Waals surface area contributed by atoms with Crippen molar-refractivity contribution in [1.29, 1.82) is 0 Å². The summed E-state index contributed by atoms with van der Waals surface area (Å²) in [7, 11) is 1.89. The average molecular weight is 268 g/mol. The summed E-state index contributed by atoms with van der Waals surface area (Å²) in [4.78, 5) is 8.88. The van der Waals surface area contributed by atoms with Gasteiger partial charge in [-0.1, -0.05) is 19.1 Å². The fourth-order valence-electron chi connectivity index (χ4n) is 2.13. The molecule has 3 rings (SSSR count). The van der Waals surface area contributed by atoms with Crippen molar-refractivity contribution in [2.75, 3.05) is 11.1 Å². The summed E-state index contributed by atoms with van der Waals surface area (Å²) in [6.45, 7) is 2.06. The molecule has 0 saturated carbocycles. The molecule has 1 aromatic carbocycles. The Morgan fingerprint density at radius 3 is 2.60 bits per heavy atom. The standard InChI is InChI=1S/C14H16N6/c1-3-9-12(8-20(2)19-9)18-14-13(15)16-10-6-4-5-7-11(10)17-14/h4-8H,3H2,1-2H3,(H2,15,16)(H,17,18). The molecular formula is C14H16N6. The van der Waals surface area contributed by atoms with Gasteiger partial charge in [0.1, 0.15) is 0 Å². The first-order valence-electron chi connectivity index (χ1n) is 6.49. The van der Waals surface area contributed by atoms with E-state index in [0.717, 1.165) is 28.8 Å². The van der Waals surface area contributed by atoms with Crippen LogP contribution in [0.15, 0.2) is 30.5 Å². The van der Waals surface area contributed by atoms with Gasteiger partial charge in [-0.25, -0.2) is 9.97 Å². The average Bonchev–Trinajstić information content (AvgIpc) is 2.79. The van der Waals surface area contributed by atoms with Gasteiger partial charge in [0, 0.05) is 13.2 Å². The number of nitrogens with one attached hydrogen (secondary N) is 1. The first-order valence-corrected chi connectivity index (χ1v) is 6.49. The van der Waals surface area contributed by atoms with Crippen LogP contribution in [0.5, 0.6) is 0 Å². The van der Waals surface area contributed by atoms with Crippen LogP contribution >= 0.6 is 0 Å². The predicted molar refractivity (Wildman–Crippen MR) is 79.8 cm³/mol. The maximum Gasteiger partial charge on any atom is 0.174 e. The summed E-state index contributed by atoms with van der Waals surface area (Å²) >= 11 is 0. The van der Waals surface area contributed by atoms with Crippen LogP contribution in [0.3, 0.4) is 0 Å². The fraction of sp³-hybridized carbons (Fsp3) is 0.214. The predicted octanol–water partition coefficient (Wildman–Crippen LogP) is 2.25. The Kier molecular flexibility index (Phi) is 2.98. The molecule has 0 saturated heterocycles. The Hall–Kier alpha value is -2.63. The van der Waals surface area contributed by atoms with Crippen LogP contribution in [-0.4, -0.2) is 19.7 Å². The van der Waals surface area contributed by atoms with Gasteiger partial charge in [0.15, 0.2) is 11.6 Å². The van der Waals surface area contributed by atoms with Gasteiger partial charge in [-0.15, -0.1) is 0 Å². The highest BCUT2D eigenvalue weighted by Gasteiger charge is 2.10. The van der Waals surface area contributed by atoms with E-state index < -0.39 is 0 Å². The molecule has 0 bridgehead atoms. The molecule has 2 heterocycles. The number of anilines is 3. The number of fused-ring (bicyclic) bond motifs is 1. The minimum Gasteiger partial charge on any atom is -0.381 e. The molecule has 0 fully saturated rings. The molecule has 0 aliphatic heterocycles. The summed E-state index contributed by atoms with van der Waals surface area (Å²) in [6.07, 6.45) is 2.75. The van der Waals surface area contributed by atoms with Crippen molar-refractivity contribution in [2.45, 2.75) is 13.3 Å². The molecule has 6 heteroatoms. The SMILES string of the molecule is CCc1nn(C)cc1Nc1nc2ccccc2nc1N. The van der Waals surface area contributed by atoms with E-state index in [9.17, 15) is 0 Å². The van der Waals surface area contributed by atoms with Crippen LogP contribution in [0, 0.1) is 0 Å². The van der Waals surface area contributed by atoms with Crippen molar-refractivity contribution in [3.8, 4) is 0 Å². The van der Waals surface area contributed by atoms with Crippen molar-refractivity contribution < 1.29 is 0 Å². The topological polar surface area (TPSA) is 81.7 Å². The zero-order valence-electron chi connectivity index (χ0n) is 11.5. The number of aromatic nitrogens is 4. The third kappa shape index (κ3) is 2.16. The number of benzene rings is 1. The number of nitrogen functional groups attached to an aromatic ring is 1. The van der Waals surface area contributed by atoms with Crippen molar-refractivity contribution in [3.63, 3.8) is 0 Å². The van der Waals surface area contributed by atoms with Gasteiger partial charge in [-0.3, -0.25) is 4.68 Å². The Morgan fingerprint density at radius 2 is 1.90 bits per heavy atom. The maximum absolute atomic E-state index is 5.97. The molecule has 0 atom stereocenters. The normalized spacial score (nSPS) is 10.9. The highest BCUT2D eigenvalue weighted by Crippen LogP contribution is 2.24. The van der Waals surface area contributed by atoms with E-state index >= 15 is 0 Å². The van der Waals surface area contributed by atoms with Crippen molar-refractivity contribution in [2.24, 2.45) is 7.05 Å². The zero-order chi connectivity index (χ0) is 14.1. The first kappa shape index (κ1) is 12.4. The van der Waals surface area contributed by atoms with Gasteiger partial charge in [-0.2, -0.15) is 5.10 Å². The molecule has 0 unspecified atom stereocenters.